The van der Waals surface area contributed by atoms with Gasteiger partial charge in [-0.25, -0.2) is 18.4 Å². The van der Waals surface area contributed by atoms with Crippen LogP contribution in [0.3, 0.4) is 0 Å². The van der Waals surface area contributed by atoms with Gasteiger partial charge in [0, 0.05) is 4.47 Å². The SMILES string of the molecule is O=C(CS(=O)(=O)Cc1ccc(Br)cc1)Nc1ccc(-n2cnc3ccccc32)nc1. The molecule has 0 bridgehead atoms. The third kappa shape index (κ3) is 4.74. The van der Waals surface area contributed by atoms with Crippen LogP contribution < -0.4 is 5.32 Å². The van der Waals surface area contributed by atoms with Crippen molar-refractivity contribution in [2.24, 2.45) is 0 Å². The van der Waals surface area contributed by atoms with Gasteiger partial charge in [-0.2, -0.15) is 0 Å². The lowest BCUT2D eigenvalue weighted by molar-refractivity contribution is -0.113. The van der Waals surface area contributed by atoms with Crippen LogP contribution >= 0.6 is 15.9 Å². The molecule has 0 aliphatic carbocycles. The van der Waals surface area contributed by atoms with Gasteiger partial charge < -0.3 is 5.32 Å². The predicted octanol–water partition coefficient (Wildman–Crippen LogP) is 3.74. The number of nitrogens with zero attached hydrogens (tertiary/aromatic N) is 3. The van der Waals surface area contributed by atoms with Crippen molar-refractivity contribution >= 4 is 48.4 Å². The van der Waals surface area contributed by atoms with Crippen molar-refractivity contribution < 1.29 is 13.2 Å². The number of hydrogen-bond donors (Lipinski definition) is 1. The molecule has 9 heteroatoms. The molecule has 4 aromatic rings. The summed E-state index contributed by atoms with van der Waals surface area (Å²) in [6, 6.07) is 18.1. The fourth-order valence-electron chi connectivity index (χ4n) is 3.03. The van der Waals surface area contributed by atoms with Gasteiger partial charge >= 0.3 is 0 Å². The molecule has 1 N–H and O–H groups in total. The third-order valence-corrected chi connectivity index (χ3v) is 6.39. The largest absolute Gasteiger partial charge is 0.324 e. The molecule has 2 aromatic carbocycles. The van der Waals surface area contributed by atoms with Crippen molar-refractivity contribution in [2.45, 2.75) is 5.75 Å². The molecule has 2 heterocycles. The Morgan fingerprint density at radius 2 is 1.77 bits per heavy atom. The number of anilines is 1. The summed E-state index contributed by atoms with van der Waals surface area (Å²) in [6.45, 7) is 0. The number of pyridine rings is 1. The molecule has 152 valence electrons. The Morgan fingerprint density at radius 1 is 1.00 bits per heavy atom. The summed E-state index contributed by atoms with van der Waals surface area (Å²) in [5.41, 5.74) is 2.82. The van der Waals surface area contributed by atoms with Crippen molar-refractivity contribution in [3.8, 4) is 5.82 Å². The molecule has 0 aliphatic rings. The maximum absolute atomic E-state index is 12.3. The molecule has 4 rings (SSSR count). The molecule has 0 fully saturated rings. The van der Waals surface area contributed by atoms with Gasteiger partial charge in [-0.15, -0.1) is 0 Å². The molecule has 0 saturated heterocycles. The van der Waals surface area contributed by atoms with Crippen LogP contribution in [0.2, 0.25) is 0 Å². The topological polar surface area (TPSA) is 94.0 Å². The fraction of sp³-hybridized carbons (Fsp3) is 0.0952. The smallest absolute Gasteiger partial charge is 0.239 e. The summed E-state index contributed by atoms with van der Waals surface area (Å²) >= 11 is 3.31. The Hall–Kier alpha value is -3.04. The van der Waals surface area contributed by atoms with E-state index in [4.69, 9.17) is 0 Å². The molecule has 30 heavy (non-hydrogen) atoms. The van der Waals surface area contributed by atoms with E-state index in [1.54, 1.807) is 42.7 Å². The van der Waals surface area contributed by atoms with Crippen molar-refractivity contribution in [2.75, 3.05) is 11.1 Å². The van der Waals surface area contributed by atoms with E-state index < -0.39 is 21.5 Å². The quantitative estimate of drug-likeness (QED) is 0.449. The lowest BCUT2D eigenvalue weighted by Crippen LogP contribution is -2.24. The zero-order chi connectivity index (χ0) is 21.1. The number of rotatable bonds is 6. The van der Waals surface area contributed by atoms with E-state index in [1.165, 1.54) is 6.20 Å². The molecule has 7 nitrogen and oxygen atoms in total. The summed E-state index contributed by atoms with van der Waals surface area (Å²) in [4.78, 5) is 20.9. The zero-order valence-electron chi connectivity index (χ0n) is 15.7. The lowest BCUT2D eigenvalue weighted by Gasteiger charge is -2.08. The van der Waals surface area contributed by atoms with Gasteiger partial charge in [0.2, 0.25) is 5.91 Å². The van der Waals surface area contributed by atoms with Gasteiger partial charge in [0.25, 0.3) is 0 Å². The summed E-state index contributed by atoms with van der Waals surface area (Å²) in [5, 5.41) is 2.59. The van der Waals surface area contributed by atoms with E-state index >= 15 is 0 Å². The van der Waals surface area contributed by atoms with Crippen LogP contribution in [0.1, 0.15) is 5.56 Å². The van der Waals surface area contributed by atoms with Crippen molar-refractivity contribution in [1.29, 1.82) is 0 Å². The first-order valence-corrected chi connectivity index (χ1v) is 11.6. The number of nitrogens with one attached hydrogen (secondary N) is 1. The van der Waals surface area contributed by atoms with Crippen LogP contribution in [-0.4, -0.2) is 34.6 Å². The van der Waals surface area contributed by atoms with Gasteiger partial charge in [0.15, 0.2) is 9.84 Å². The van der Waals surface area contributed by atoms with Crippen LogP contribution in [0.5, 0.6) is 0 Å². The molecule has 0 spiro atoms. The van der Waals surface area contributed by atoms with Crippen molar-refractivity contribution in [1.82, 2.24) is 14.5 Å². The van der Waals surface area contributed by atoms with Crippen LogP contribution in [0.25, 0.3) is 16.9 Å². The number of aromatic nitrogens is 3. The number of imidazole rings is 1. The second kappa shape index (κ2) is 8.37. The van der Waals surface area contributed by atoms with E-state index in [-0.39, 0.29) is 5.75 Å². The monoisotopic (exact) mass is 484 g/mol. The number of sulfone groups is 1. The molecule has 1 amide bonds. The average Bonchev–Trinajstić information content (AvgIpc) is 3.14. The number of carbonyl (C=O) groups excluding carboxylic acids is 1. The van der Waals surface area contributed by atoms with Crippen LogP contribution in [-0.2, 0) is 20.4 Å². The van der Waals surface area contributed by atoms with E-state index in [1.807, 2.05) is 28.8 Å². The highest BCUT2D eigenvalue weighted by Gasteiger charge is 2.18. The number of fused-ring (bicyclic) bond motifs is 1. The maximum Gasteiger partial charge on any atom is 0.239 e. The van der Waals surface area contributed by atoms with Gasteiger partial charge in [-0.1, -0.05) is 40.2 Å². The Kier molecular flexibility index (Phi) is 5.65. The molecule has 0 aliphatic heterocycles. The standard InChI is InChI=1S/C21H17BrN4O3S/c22-16-7-5-15(6-8-16)12-30(28,29)13-21(27)25-17-9-10-20(23-11-17)26-14-24-18-3-1-2-4-19(18)26/h1-11,14H,12-13H2,(H,25,27). The number of para-hydroxylation sites is 2. The highest BCUT2D eigenvalue weighted by molar-refractivity contribution is 9.10. The van der Waals surface area contributed by atoms with E-state index in [2.05, 4.69) is 31.2 Å². The first-order chi connectivity index (χ1) is 14.4. The van der Waals surface area contributed by atoms with Gasteiger partial charge in [-0.05, 0) is 42.0 Å². The normalized spacial score (nSPS) is 11.5. The number of amides is 1. The summed E-state index contributed by atoms with van der Waals surface area (Å²) < 4.78 is 27.3. The summed E-state index contributed by atoms with van der Waals surface area (Å²) in [6.07, 6.45) is 3.17. The summed E-state index contributed by atoms with van der Waals surface area (Å²) in [7, 11) is -3.59. The Bertz CT molecular complexity index is 1300. The molecule has 2 aromatic heterocycles. The Morgan fingerprint density at radius 3 is 2.50 bits per heavy atom. The molecule has 0 saturated carbocycles. The second-order valence-electron chi connectivity index (χ2n) is 6.72. The second-order valence-corrected chi connectivity index (χ2v) is 9.70. The van der Waals surface area contributed by atoms with E-state index in [0.29, 0.717) is 17.1 Å². The fourth-order valence-corrected chi connectivity index (χ4v) is 4.57. The molecule has 0 atom stereocenters. The maximum atomic E-state index is 12.3. The molecule has 0 unspecified atom stereocenters. The first kappa shape index (κ1) is 20.2. The van der Waals surface area contributed by atoms with Crippen LogP contribution in [0, 0.1) is 0 Å². The number of carbonyl (C=O) groups is 1. The summed E-state index contributed by atoms with van der Waals surface area (Å²) in [5.74, 6) is -0.755. The molecule has 0 radical (unpaired) electrons. The van der Waals surface area contributed by atoms with E-state index in [9.17, 15) is 13.2 Å². The zero-order valence-corrected chi connectivity index (χ0v) is 18.1. The van der Waals surface area contributed by atoms with E-state index in [0.717, 1.165) is 15.5 Å². The van der Waals surface area contributed by atoms with Crippen molar-refractivity contribution in [3.63, 3.8) is 0 Å². The molecular weight excluding hydrogens is 468 g/mol. The lowest BCUT2D eigenvalue weighted by atomic mass is 10.2. The van der Waals surface area contributed by atoms with Crippen molar-refractivity contribution in [3.05, 3.63) is 83.2 Å². The average molecular weight is 485 g/mol. The van der Waals surface area contributed by atoms with Crippen LogP contribution in [0.4, 0.5) is 5.69 Å². The minimum absolute atomic E-state index is 0.196. The first-order valence-electron chi connectivity index (χ1n) is 9.03. The van der Waals surface area contributed by atoms with Crippen LogP contribution in [0.15, 0.2) is 77.7 Å². The number of hydrogen-bond acceptors (Lipinski definition) is 5. The predicted molar refractivity (Wildman–Crippen MR) is 119 cm³/mol. The minimum atomic E-state index is -3.59. The van der Waals surface area contributed by atoms with Gasteiger partial charge in [0.05, 0.1) is 28.7 Å². The number of benzene rings is 2. The minimum Gasteiger partial charge on any atom is -0.324 e. The highest BCUT2D eigenvalue weighted by atomic mass is 79.9. The Balaban J connectivity index is 1.41. The third-order valence-electron chi connectivity index (χ3n) is 4.38. The molecular formula is C21H17BrN4O3S. The Labute approximate surface area is 181 Å². The van der Waals surface area contributed by atoms with Gasteiger partial charge in [-0.3, -0.25) is 9.36 Å². The van der Waals surface area contributed by atoms with Gasteiger partial charge in [0.1, 0.15) is 17.9 Å². The highest BCUT2D eigenvalue weighted by Crippen LogP contribution is 2.18. The number of halogens is 1.